The Bertz CT molecular complexity index is 848. The Kier molecular flexibility index (Phi) is 5.67. The zero-order valence-corrected chi connectivity index (χ0v) is 14.8. The predicted molar refractivity (Wildman–Crippen MR) is 93.7 cm³/mol. The number of carbonyl (C=O) groups excluding carboxylic acids is 2. The summed E-state index contributed by atoms with van der Waals surface area (Å²) in [6.07, 6.45) is -4.18. The third kappa shape index (κ3) is 4.88. The highest BCUT2D eigenvalue weighted by atomic mass is 19.4. The van der Waals surface area contributed by atoms with Gasteiger partial charge in [0.25, 0.3) is 5.91 Å². The number of halogens is 4. The molecule has 1 atom stereocenters. The number of nitrogens with one attached hydrogen (secondary N) is 1. The van der Waals surface area contributed by atoms with E-state index in [4.69, 9.17) is 0 Å². The van der Waals surface area contributed by atoms with Gasteiger partial charge in [0, 0.05) is 37.5 Å². The number of carbonyl (C=O) groups is 2. The van der Waals surface area contributed by atoms with Crippen LogP contribution in [0.5, 0.6) is 0 Å². The molecule has 1 aliphatic rings. The SMILES string of the molecule is O=C(NCC1CC(=O)N(Cc2ccc(F)cc2)C1)c1ccc(C(F)(F)F)cc1. The molecule has 0 radical (unpaired) electrons. The molecule has 4 nitrogen and oxygen atoms in total. The van der Waals surface area contributed by atoms with Gasteiger partial charge in [-0.1, -0.05) is 12.1 Å². The lowest BCUT2D eigenvalue weighted by atomic mass is 10.1. The number of hydrogen-bond acceptors (Lipinski definition) is 2. The van der Waals surface area contributed by atoms with Crippen LogP contribution in [-0.2, 0) is 17.5 Å². The summed E-state index contributed by atoms with van der Waals surface area (Å²) < 4.78 is 50.7. The van der Waals surface area contributed by atoms with Crippen molar-refractivity contribution in [1.82, 2.24) is 10.2 Å². The molecule has 1 unspecified atom stereocenters. The number of likely N-dealkylation sites (tertiary alicyclic amines) is 1. The molecule has 8 heteroatoms. The van der Waals surface area contributed by atoms with Crippen molar-refractivity contribution in [3.63, 3.8) is 0 Å². The van der Waals surface area contributed by atoms with Crippen molar-refractivity contribution >= 4 is 11.8 Å². The average Bonchev–Trinajstić information content (AvgIpc) is 3.00. The van der Waals surface area contributed by atoms with E-state index in [2.05, 4.69) is 5.32 Å². The Morgan fingerprint density at radius 2 is 1.71 bits per heavy atom. The van der Waals surface area contributed by atoms with Gasteiger partial charge in [-0.05, 0) is 42.0 Å². The standard InChI is InChI=1S/C20H18F4N2O2/c21-17-7-1-13(2-8-17)11-26-12-14(9-18(26)27)10-25-19(28)15-3-5-16(6-4-15)20(22,23)24/h1-8,14H,9-12H2,(H,25,28). The minimum absolute atomic E-state index is 0.0573. The molecular formula is C20H18F4N2O2. The Morgan fingerprint density at radius 1 is 1.07 bits per heavy atom. The maximum absolute atomic E-state index is 13.0. The quantitative estimate of drug-likeness (QED) is 0.788. The van der Waals surface area contributed by atoms with Crippen LogP contribution in [0.15, 0.2) is 48.5 Å². The molecule has 1 N–H and O–H groups in total. The summed E-state index contributed by atoms with van der Waals surface area (Å²) in [6, 6.07) is 9.86. The lowest BCUT2D eigenvalue weighted by Crippen LogP contribution is -2.31. The van der Waals surface area contributed by atoms with Gasteiger partial charge in [-0.25, -0.2) is 4.39 Å². The second kappa shape index (κ2) is 8.00. The maximum atomic E-state index is 13.0. The van der Waals surface area contributed by atoms with Crippen LogP contribution in [-0.4, -0.2) is 29.8 Å². The zero-order chi connectivity index (χ0) is 20.3. The molecule has 1 aliphatic heterocycles. The summed E-state index contributed by atoms with van der Waals surface area (Å²) in [7, 11) is 0. The van der Waals surface area contributed by atoms with Crippen molar-refractivity contribution in [3.05, 3.63) is 71.0 Å². The third-order valence-corrected chi connectivity index (χ3v) is 4.61. The molecule has 0 aromatic heterocycles. The van der Waals surface area contributed by atoms with Crippen molar-refractivity contribution in [2.75, 3.05) is 13.1 Å². The van der Waals surface area contributed by atoms with E-state index in [-0.39, 0.29) is 36.2 Å². The highest BCUT2D eigenvalue weighted by molar-refractivity contribution is 5.94. The lowest BCUT2D eigenvalue weighted by molar-refractivity contribution is -0.137. The Balaban J connectivity index is 1.51. The molecule has 1 saturated heterocycles. The number of alkyl halides is 3. The van der Waals surface area contributed by atoms with E-state index in [0.717, 1.165) is 29.8 Å². The Morgan fingerprint density at radius 3 is 2.32 bits per heavy atom. The van der Waals surface area contributed by atoms with Gasteiger partial charge in [0.15, 0.2) is 0 Å². The minimum Gasteiger partial charge on any atom is -0.352 e. The second-order valence-electron chi connectivity index (χ2n) is 6.76. The summed E-state index contributed by atoms with van der Waals surface area (Å²) in [6.45, 7) is 1.05. The van der Waals surface area contributed by atoms with Crippen molar-refractivity contribution in [3.8, 4) is 0 Å². The van der Waals surface area contributed by atoms with Gasteiger partial charge in [0.1, 0.15) is 5.82 Å². The molecule has 1 heterocycles. The first kappa shape index (κ1) is 19.9. The first-order chi connectivity index (χ1) is 13.2. The smallest absolute Gasteiger partial charge is 0.352 e. The van der Waals surface area contributed by atoms with E-state index in [0.29, 0.717) is 13.1 Å². The summed E-state index contributed by atoms with van der Waals surface area (Å²) in [5.41, 5.74) is 0.117. The van der Waals surface area contributed by atoms with Crippen LogP contribution in [0.1, 0.15) is 27.9 Å². The van der Waals surface area contributed by atoms with Gasteiger partial charge in [-0.15, -0.1) is 0 Å². The van der Waals surface area contributed by atoms with E-state index < -0.39 is 17.6 Å². The van der Waals surface area contributed by atoms with Crippen LogP contribution in [0, 0.1) is 11.7 Å². The fourth-order valence-electron chi connectivity index (χ4n) is 3.10. The highest BCUT2D eigenvalue weighted by Gasteiger charge is 2.31. The van der Waals surface area contributed by atoms with Crippen LogP contribution in [0.3, 0.4) is 0 Å². The Hall–Kier alpha value is -2.90. The first-order valence-corrected chi connectivity index (χ1v) is 8.70. The lowest BCUT2D eigenvalue weighted by Gasteiger charge is -2.17. The van der Waals surface area contributed by atoms with Crippen LogP contribution >= 0.6 is 0 Å². The van der Waals surface area contributed by atoms with Gasteiger partial charge < -0.3 is 10.2 Å². The van der Waals surface area contributed by atoms with Crippen LogP contribution in [0.4, 0.5) is 17.6 Å². The van der Waals surface area contributed by atoms with Crippen molar-refractivity contribution in [2.24, 2.45) is 5.92 Å². The van der Waals surface area contributed by atoms with Crippen LogP contribution in [0.25, 0.3) is 0 Å². The van der Waals surface area contributed by atoms with E-state index in [1.165, 1.54) is 12.1 Å². The van der Waals surface area contributed by atoms with Gasteiger partial charge in [-0.2, -0.15) is 13.2 Å². The monoisotopic (exact) mass is 394 g/mol. The zero-order valence-electron chi connectivity index (χ0n) is 14.8. The topological polar surface area (TPSA) is 49.4 Å². The molecule has 0 saturated carbocycles. The average molecular weight is 394 g/mol. The Labute approximate surface area is 159 Å². The maximum Gasteiger partial charge on any atom is 0.416 e. The molecule has 3 rings (SSSR count). The van der Waals surface area contributed by atoms with Gasteiger partial charge in [0.2, 0.25) is 5.91 Å². The third-order valence-electron chi connectivity index (χ3n) is 4.61. The van der Waals surface area contributed by atoms with Gasteiger partial charge in [0.05, 0.1) is 5.56 Å². The van der Waals surface area contributed by atoms with E-state index >= 15 is 0 Å². The molecule has 0 bridgehead atoms. The molecule has 0 spiro atoms. The largest absolute Gasteiger partial charge is 0.416 e. The summed E-state index contributed by atoms with van der Waals surface area (Å²) >= 11 is 0. The molecule has 2 aromatic carbocycles. The molecule has 148 valence electrons. The minimum atomic E-state index is -4.45. The molecular weight excluding hydrogens is 376 g/mol. The van der Waals surface area contributed by atoms with E-state index in [1.54, 1.807) is 17.0 Å². The van der Waals surface area contributed by atoms with Crippen LogP contribution < -0.4 is 5.32 Å². The molecule has 2 amide bonds. The fraction of sp³-hybridized carbons (Fsp3) is 0.300. The van der Waals surface area contributed by atoms with Crippen molar-refractivity contribution < 1.29 is 27.2 Å². The summed E-state index contributed by atoms with van der Waals surface area (Å²) in [5.74, 6) is -0.983. The normalized spacial score (nSPS) is 17.1. The van der Waals surface area contributed by atoms with E-state index in [1.807, 2.05) is 0 Å². The predicted octanol–water partition coefficient (Wildman–Crippen LogP) is 3.62. The molecule has 28 heavy (non-hydrogen) atoms. The van der Waals surface area contributed by atoms with Crippen LogP contribution in [0.2, 0.25) is 0 Å². The summed E-state index contributed by atoms with van der Waals surface area (Å²) in [4.78, 5) is 25.9. The van der Waals surface area contributed by atoms with E-state index in [9.17, 15) is 27.2 Å². The first-order valence-electron chi connectivity index (χ1n) is 8.70. The van der Waals surface area contributed by atoms with Gasteiger partial charge in [-0.3, -0.25) is 9.59 Å². The van der Waals surface area contributed by atoms with Crippen molar-refractivity contribution in [1.29, 1.82) is 0 Å². The number of amides is 2. The number of nitrogens with zero attached hydrogens (tertiary/aromatic N) is 1. The highest BCUT2D eigenvalue weighted by Crippen LogP contribution is 2.29. The number of benzene rings is 2. The number of rotatable bonds is 5. The second-order valence-corrected chi connectivity index (χ2v) is 6.76. The molecule has 2 aromatic rings. The molecule has 0 aliphatic carbocycles. The summed E-state index contributed by atoms with van der Waals surface area (Å²) in [5, 5.41) is 2.66. The van der Waals surface area contributed by atoms with Crippen molar-refractivity contribution in [2.45, 2.75) is 19.1 Å². The number of hydrogen-bond donors (Lipinski definition) is 1. The fourth-order valence-corrected chi connectivity index (χ4v) is 3.10. The van der Waals surface area contributed by atoms with Gasteiger partial charge >= 0.3 is 6.18 Å². The molecule has 1 fully saturated rings.